The Bertz CT molecular complexity index is 1030. The molecule has 1 atom stereocenters. The van der Waals surface area contributed by atoms with Crippen molar-refractivity contribution in [1.29, 1.82) is 0 Å². The Labute approximate surface area is 143 Å². The van der Waals surface area contributed by atoms with Crippen molar-refractivity contribution in [3.8, 4) is 5.69 Å². The van der Waals surface area contributed by atoms with Crippen LogP contribution in [0.2, 0.25) is 0 Å². The Morgan fingerprint density at radius 1 is 1.16 bits per heavy atom. The van der Waals surface area contributed by atoms with Gasteiger partial charge in [-0.15, -0.1) is 0 Å². The molecule has 1 N–H and O–H groups in total. The number of aryl methyl sites for hydroxylation is 1. The average molecular weight is 336 g/mol. The normalized spacial score (nSPS) is 12.4. The number of hydrogen-bond donors (Lipinski definition) is 1. The van der Waals surface area contributed by atoms with Crippen molar-refractivity contribution in [2.75, 3.05) is 5.32 Å². The third-order valence-electron chi connectivity index (χ3n) is 4.05. The quantitative estimate of drug-likeness (QED) is 0.619. The number of halogens is 1. The third kappa shape index (κ3) is 2.84. The van der Waals surface area contributed by atoms with Crippen LogP contribution in [0.25, 0.3) is 11.3 Å². The number of benzene rings is 1. The van der Waals surface area contributed by atoms with Gasteiger partial charge in [-0.05, 0) is 26.0 Å². The molecule has 4 rings (SSSR count). The molecule has 0 fully saturated rings. The van der Waals surface area contributed by atoms with Crippen molar-refractivity contribution < 1.29 is 4.39 Å². The maximum atomic E-state index is 13.9. The van der Waals surface area contributed by atoms with Crippen molar-refractivity contribution in [3.63, 3.8) is 0 Å². The van der Waals surface area contributed by atoms with Gasteiger partial charge in [-0.1, -0.05) is 12.1 Å². The van der Waals surface area contributed by atoms with Crippen molar-refractivity contribution >= 4 is 11.5 Å². The number of nitrogens with one attached hydrogen (secondary N) is 1. The van der Waals surface area contributed by atoms with Crippen LogP contribution in [0.1, 0.15) is 24.2 Å². The van der Waals surface area contributed by atoms with E-state index >= 15 is 0 Å². The monoisotopic (exact) mass is 336 g/mol. The summed E-state index contributed by atoms with van der Waals surface area (Å²) in [7, 11) is 0. The number of aromatic nitrogens is 5. The first-order valence-electron chi connectivity index (χ1n) is 7.99. The highest BCUT2D eigenvalue weighted by molar-refractivity contribution is 5.50. The summed E-state index contributed by atoms with van der Waals surface area (Å²) in [6.45, 7) is 3.97. The summed E-state index contributed by atoms with van der Waals surface area (Å²) < 4.78 is 17.2. The third-order valence-corrected chi connectivity index (χ3v) is 4.05. The largest absolute Gasteiger partial charge is 0.363 e. The van der Waals surface area contributed by atoms with E-state index in [2.05, 4.69) is 20.5 Å². The standard InChI is InChI=1S/C18H17FN6/c1-12-9-18(25-17(22-12)7-8-20-25)23-13(2)14-10-21-24(11-14)16-6-4-3-5-15(16)19/h3-11,13,23H,1-2H3. The SMILES string of the molecule is Cc1cc(NC(C)c2cnn(-c3ccccc3F)c2)n2nccc2n1. The van der Waals surface area contributed by atoms with Crippen LogP contribution in [-0.2, 0) is 0 Å². The summed E-state index contributed by atoms with van der Waals surface area (Å²) >= 11 is 0. The Kier molecular flexibility index (Phi) is 3.68. The summed E-state index contributed by atoms with van der Waals surface area (Å²) in [4.78, 5) is 4.43. The lowest BCUT2D eigenvalue weighted by atomic mass is 10.2. The van der Waals surface area contributed by atoms with Gasteiger partial charge in [-0.25, -0.2) is 14.1 Å². The van der Waals surface area contributed by atoms with Gasteiger partial charge in [0.2, 0.25) is 0 Å². The Morgan fingerprint density at radius 2 is 2.00 bits per heavy atom. The summed E-state index contributed by atoms with van der Waals surface area (Å²) in [6, 6.07) is 10.3. The maximum absolute atomic E-state index is 13.9. The van der Waals surface area contributed by atoms with E-state index in [4.69, 9.17) is 0 Å². The molecule has 0 radical (unpaired) electrons. The fourth-order valence-electron chi connectivity index (χ4n) is 2.78. The molecule has 1 aromatic carbocycles. The number of anilines is 1. The molecule has 0 saturated carbocycles. The van der Waals surface area contributed by atoms with E-state index in [1.54, 1.807) is 39.8 Å². The molecule has 0 saturated heterocycles. The average Bonchev–Trinajstić information content (AvgIpc) is 3.24. The second kappa shape index (κ2) is 6.01. The van der Waals surface area contributed by atoms with Gasteiger partial charge in [0.25, 0.3) is 0 Å². The number of fused-ring (bicyclic) bond motifs is 1. The molecule has 1 unspecified atom stereocenters. The molecule has 25 heavy (non-hydrogen) atoms. The molecule has 0 aliphatic rings. The van der Waals surface area contributed by atoms with E-state index in [0.29, 0.717) is 5.69 Å². The molecule has 126 valence electrons. The smallest absolute Gasteiger partial charge is 0.157 e. The lowest BCUT2D eigenvalue weighted by molar-refractivity contribution is 0.611. The minimum Gasteiger partial charge on any atom is -0.363 e. The van der Waals surface area contributed by atoms with E-state index in [1.807, 2.05) is 32.2 Å². The zero-order valence-corrected chi connectivity index (χ0v) is 13.9. The number of para-hydroxylation sites is 1. The molecule has 0 aliphatic heterocycles. The van der Waals surface area contributed by atoms with Crippen LogP contribution in [0, 0.1) is 12.7 Å². The van der Waals surface area contributed by atoms with Gasteiger partial charge in [0.05, 0.1) is 18.4 Å². The highest BCUT2D eigenvalue weighted by Gasteiger charge is 2.13. The summed E-state index contributed by atoms with van der Waals surface area (Å²) in [5, 5.41) is 12.0. The molecule has 4 aromatic rings. The minimum atomic E-state index is -0.305. The molecule has 0 amide bonds. The number of nitrogens with zero attached hydrogens (tertiary/aromatic N) is 5. The van der Waals surface area contributed by atoms with Crippen LogP contribution in [0.15, 0.2) is 55.0 Å². The van der Waals surface area contributed by atoms with Gasteiger partial charge in [-0.2, -0.15) is 14.7 Å². The van der Waals surface area contributed by atoms with Gasteiger partial charge >= 0.3 is 0 Å². The predicted molar refractivity (Wildman–Crippen MR) is 93.3 cm³/mol. The summed E-state index contributed by atoms with van der Waals surface area (Å²) in [5.41, 5.74) is 3.06. The highest BCUT2D eigenvalue weighted by atomic mass is 19.1. The molecule has 0 spiro atoms. The molecular weight excluding hydrogens is 319 g/mol. The van der Waals surface area contributed by atoms with E-state index in [-0.39, 0.29) is 11.9 Å². The van der Waals surface area contributed by atoms with Crippen LogP contribution in [0.4, 0.5) is 10.2 Å². The molecule has 0 bridgehead atoms. The zero-order valence-electron chi connectivity index (χ0n) is 13.9. The van der Waals surface area contributed by atoms with Gasteiger partial charge in [-0.3, -0.25) is 0 Å². The van der Waals surface area contributed by atoms with Crippen molar-refractivity contribution in [3.05, 3.63) is 72.1 Å². The first-order valence-corrected chi connectivity index (χ1v) is 7.99. The van der Waals surface area contributed by atoms with Gasteiger partial charge in [0.1, 0.15) is 17.3 Å². The van der Waals surface area contributed by atoms with Crippen LogP contribution in [0.3, 0.4) is 0 Å². The van der Waals surface area contributed by atoms with E-state index in [1.165, 1.54) is 6.07 Å². The lowest BCUT2D eigenvalue weighted by Gasteiger charge is -2.15. The van der Waals surface area contributed by atoms with Gasteiger partial charge < -0.3 is 5.32 Å². The van der Waals surface area contributed by atoms with E-state index in [9.17, 15) is 4.39 Å². The minimum absolute atomic E-state index is 0.0327. The van der Waals surface area contributed by atoms with Crippen molar-refractivity contribution in [2.45, 2.75) is 19.9 Å². The predicted octanol–water partition coefficient (Wildman–Crippen LogP) is 3.54. The first-order chi connectivity index (χ1) is 12.1. The Hall–Kier alpha value is -3.22. The fourth-order valence-corrected chi connectivity index (χ4v) is 2.78. The zero-order chi connectivity index (χ0) is 17.4. The summed E-state index contributed by atoms with van der Waals surface area (Å²) in [5.74, 6) is 0.541. The van der Waals surface area contributed by atoms with Gasteiger partial charge in [0.15, 0.2) is 5.65 Å². The van der Waals surface area contributed by atoms with Gasteiger partial charge in [0, 0.05) is 29.6 Å². The van der Waals surface area contributed by atoms with Crippen LogP contribution < -0.4 is 5.32 Å². The van der Waals surface area contributed by atoms with E-state index < -0.39 is 0 Å². The van der Waals surface area contributed by atoms with Crippen molar-refractivity contribution in [2.24, 2.45) is 0 Å². The number of hydrogen-bond acceptors (Lipinski definition) is 4. The summed E-state index contributed by atoms with van der Waals surface area (Å²) in [6.07, 6.45) is 5.27. The Balaban J connectivity index is 1.62. The molecule has 0 aliphatic carbocycles. The van der Waals surface area contributed by atoms with E-state index in [0.717, 1.165) is 22.7 Å². The highest BCUT2D eigenvalue weighted by Crippen LogP contribution is 2.21. The second-order valence-electron chi connectivity index (χ2n) is 5.92. The Morgan fingerprint density at radius 3 is 2.84 bits per heavy atom. The van der Waals surface area contributed by atoms with Crippen molar-refractivity contribution in [1.82, 2.24) is 24.4 Å². The lowest BCUT2D eigenvalue weighted by Crippen LogP contribution is -2.11. The maximum Gasteiger partial charge on any atom is 0.157 e. The second-order valence-corrected chi connectivity index (χ2v) is 5.92. The number of rotatable bonds is 4. The topological polar surface area (TPSA) is 60.0 Å². The molecule has 7 heteroatoms. The molecular formula is C18H17FN6. The fraction of sp³-hybridized carbons (Fsp3) is 0.167. The van der Waals surface area contributed by atoms with Crippen LogP contribution >= 0.6 is 0 Å². The van der Waals surface area contributed by atoms with Crippen LogP contribution in [0.5, 0.6) is 0 Å². The first kappa shape index (κ1) is 15.3. The molecule has 3 aromatic heterocycles. The molecule has 3 heterocycles. The van der Waals surface area contributed by atoms with Crippen LogP contribution in [-0.4, -0.2) is 24.4 Å². The molecule has 6 nitrogen and oxygen atoms in total.